The molecule has 0 unspecified atom stereocenters. The molecule has 0 saturated carbocycles. The van der Waals surface area contributed by atoms with Crippen LogP contribution in [0.25, 0.3) is 0 Å². The van der Waals surface area contributed by atoms with Crippen LogP contribution in [0.2, 0.25) is 0 Å². The van der Waals surface area contributed by atoms with Gasteiger partial charge in [0.15, 0.2) is 0 Å². The van der Waals surface area contributed by atoms with Crippen LogP contribution in [0, 0.1) is 11.2 Å². The molecule has 1 saturated heterocycles. The lowest BCUT2D eigenvalue weighted by molar-refractivity contribution is -0.136. The average molecular weight is 294 g/mol. The molecule has 1 amide bonds. The van der Waals surface area contributed by atoms with Gasteiger partial charge < -0.3 is 15.4 Å². The number of piperidine rings is 1. The van der Waals surface area contributed by atoms with Crippen LogP contribution in [0.15, 0.2) is 24.3 Å². The minimum atomic E-state index is -0.514. The van der Waals surface area contributed by atoms with Crippen molar-refractivity contribution < 1.29 is 13.9 Å². The summed E-state index contributed by atoms with van der Waals surface area (Å²) in [5, 5.41) is 6.20. The quantitative estimate of drug-likeness (QED) is 0.873. The van der Waals surface area contributed by atoms with Crippen LogP contribution in [-0.2, 0) is 9.53 Å². The van der Waals surface area contributed by atoms with Crippen molar-refractivity contribution in [3.63, 3.8) is 0 Å². The Labute approximate surface area is 125 Å². The maximum atomic E-state index is 13.8. The highest BCUT2D eigenvalue weighted by molar-refractivity contribution is 5.83. The fourth-order valence-electron chi connectivity index (χ4n) is 2.87. The zero-order valence-corrected chi connectivity index (χ0v) is 12.6. The fourth-order valence-corrected chi connectivity index (χ4v) is 2.87. The normalized spacial score (nSPS) is 19.0. The van der Waals surface area contributed by atoms with Gasteiger partial charge in [-0.05, 0) is 38.9 Å². The summed E-state index contributed by atoms with van der Waals surface area (Å²) in [7, 11) is 1.61. The minimum Gasteiger partial charge on any atom is -0.384 e. The molecule has 1 aliphatic rings. The number of carbonyl (C=O) groups is 1. The lowest BCUT2D eigenvalue weighted by atomic mass is 9.78. The molecule has 1 aromatic rings. The third-order valence-electron chi connectivity index (χ3n) is 4.18. The fraction of sp³-hybridized carbons (Fsp3) is 0.562. The Morgan fingerprint density at radius 1 is 1.43 bits per heavy atom. The van der Waals surface area contributed by atoms with Crippen molar-refractivity contribution in [1.82, 2.24) is 10.6 Å². The van der Waals surface area contributed by atoms with Gasteiger partial charge in [0.05, 0.1) is 18.1 Å². The third-order valence-corrected chi connectivity index (χ3v) is 4.18. The number of ether oxygens (including phenoxy) is 1. The molecule has 0 bridgehead atoms. The predicted molar refractivity (Wildman–Crippen MR) is 79.4 cm³/mol. The van der Waals surface area contributed by atoms with Gasteiger partial charge in [0.25, 0.3) is 0 Å². The maximum absolute atomic E-state index is 13.8. The summed E-state index contributed by atoms with van der Waals surface area (Å²) in [6, 6.07) is 6.17. The molecule has 1 aliphatic heterocycles. The summed E-state index contributed by atoms with van der Waals surface area (Å²) in [6.45, 7) is 3.79. The number of rotatable bonds is 5. The number of nitrogens with one attached hydrogen (secondary N) is 2. The molecule has 0 aliphatic carbocycles. The molecule has 0 spiro atoms. The standard InChI is InChI=1S/C16H23FN2O2/c1-12(13-5-3-4-6-14(13)17)19-15(20)16(11-21-2)7-9-18-10-8-16/h3-6,12,18H,7-11H2,1-2H3,(H,19,20)/t12-/m1/s1. The van der Waals surface area contributed by atoms with Crippen molar-refractivity contribution in [1.29, 1.82) is 0 Å². The van der Waals surface area contributed by atoms with Gasteiger partial charge in [-0.15, -0.1) is 0 Å². The van der Waals surface area contributed by atoms with E-state index < -0.39 is 5.41 Å². The van der Waals surface area contributed by atoms with E-state index in [0.29, 0.717) is 12.2 Å². The van der Waals surface area contributed by atoms with Crippen LogP contribution >= 0.6 is 0 Å². The van der Waals surface area contributed by atoms with E-state index in [1.54, 1.807) is 32.2 Å². The van der Waals surface area contributed by atoms with Crippen molar-refractivity contribution in [2.45, 2.75) is 25.8 Å². The first-order valence-electron chi connectivity index (χ1n) is 7.34. The first-order chi connectivity index (χ1) is 10.1. The van der Waals surface area contributed by atoms with Crippen molar-refractivity contribution in [3.05, 3.63) is 35.6 Å². The highest BCUT2D eigenvalue weighted by atomic mass is 19.1. The molecular formula is C16H23FN2O2. The third kappa shape index (κ3) is 3.60. The highest BCUT2D eigenvalue weighted by Crippen LogP contribution is 2.30. The maximum Gasteiger partial charge on any atom is 0.229 e. The van der Waals surface area contributed by atoms with E-state index in [1.165, 1.54) is 6.07 Å². The Bertz CT molecular complexity index is 481. The van der Waals surface area contributed by atoms with Gasteiger partial charge in [-0.2, -0.15) is 0 Å². The van der Waals surface area contributed by atoms with Crippen molar-refractivity contribution in [3.8, 4) is 0 Å². The van der Waals surface area contributed by atoms with Crippen molar-refractivity contribution in [2.75, 3.05) is 26.8 Å². The summed E-state index contributed by atoms with van der Waals surface area (Å²) in [4.78, 5) is 12.7. The average Bonchev–Trinajstić information content (AvgIpc) is 2.48. The van der Waals surface area contributed by atoms with Crippen LogP contribution < -0.4 is 10.6 Å². The smallest absolute Gasteiger partial charge is 0.229 e. The first-order valence-corrected chi connectivity index (χ1v) is 7.34. The number of methoxy groups -OCH3 is 1. The van der Waals surface area contributed by atoms with E-state index in [-0.39, 0.29) is 17.8 Å². The summed E-state index contributed by atoms with van der Waals surface area (Å²) in [5.41, 5.74) is -0.00756. The molecule has 1 heterocycles. The highest BCUT2D eigenvalue weighted by Gasteiger charge is 2.40. The number of hydrogen-bond acceptors (Lipinski definition) is 3. The number of amides is 1. The molecule has 0 radical (unpaired) electrons. The Kier molecular flexibility index (Phi) is 5.31. The molecule has 21 heavy (non-hydrogen) atoms. The van der Waals surface area contributed by atoms with Gasteiger partial charge in [-0.1, -0.05) is 18.2 Å². The SMILES string of the molecule is COCC1(C(=O)N[C@H](C)c2ccccc2F)CCNCC1. The molecule has 116 valence electrons. The van der Waals surface area contributed by atoms with E-state index in [1.807, 2.05) is 0 Å². The number of benzene rings is 1. The molecule has 2 N–H and O–H groups in total. The van der Waals surface area contributed by atoms with Crippen molar-refractivity contribution in [2.24, 2.45) is 5.41 Å². The van der Waals surface area contributed by atoms with Gasteiger partial charge in [-0.3, -0.25) is 4.79 Å². The van der Waals surface area contributed by atoms with Crippen LogP contribution in [0.5, 0.6) is 0 Å². The topological polar surface area (TPSA) is 50.4 Å². The molecule has 4 nitrogen and oxygen atoms in total. The van der Waals surface area contributed by atoms with Gasteiger partial charge in [0, 0.05) is 12.7 Å². The lowest BCUT2D eigenvalue weighted by Crippen LogP contribution is -2.50. The summed E-state index contributed by atoms with van der Waals surface area (Å²) in [6.07, 6.45) is 1.47. The van der Waals surface area contributed by atoms with Crippen LogP contribution in [-0.4, -0.2) is 32.7 Å². The monoisotopic (exact) mass is 294 g/mol. The Balaban J connectivity index is 2.10. The van der Waals surface area contributed by atoms with E-state index in [2.05, 4.69) is 10.6 Å². The van der Waals surface area contributed by atoms with Gasteiger partial charge in [-0.25, -0.2) is 4.39 Å². The Morgan fingerprint density at radius 3 is 2.71 bits per heavy atom. The largest absolute Gasteiger partial charge is 0.384 e. The molecule has 5 heteroatoms. The number of halogens is 1. The summed E-state index contributed by atoms with van der Waals surface area (Å²) >= 11 is 0. The van der Waals surface area contributed by atoms with Crippen LogP contribution in [0.4, 0.5) is 4.39 Å². The van der Waals surface area contributed by atoms with Crippen molar-refractivity contribution >= 4 is 5.91 Å². The van der Waals surface area contributed by atoms with Gasteiger partial charge >= 0.3 is 0 Å². The number of carbonyl (C=O) groups excluding carboxylic acids is 1. The summed E-state index contributed by atoms with van der Waals surface area (Å²) < 4.78 is 19.0. The zero-order valence-electron chi connectivity index (χ0n) is 12.6. The second-order valence-electron chi connectivity index (χ2n) is 5.68. The minimum absolute atomic E-state index is 0.0541. The lowest BCUT2D eigenvalue weighted by Gasteiger charge is -2.36. The zero-order chi connectivity index (χ0) is 15.3. The van der Waals surface area contributed by atoms with E-state index in [0.717, 1.165) is 25.9 Å². The molecule has 0 aromatic heterocycles. The first kappa shape index (κ1) is 15.9. The second kappa shape index (κ2) is 7.00. The Morgan fingerprint density at radius 2 is 2.10 bits per heavy atom. The molecule has 1 fully saturated rings. The van der Waals surface area contributed by atoms with Crippen LogP contribution in [0.3, 0.4) is 0 Å². The predicted octanol–water partition coefficient (Wildman–Crippen LogP) is 2.02. The van der Waals surface area contributed by atoms with E-state index >= 15 is 0 Å². The molecular weight excluding hydrogens is 271 g/mol. The molecule has 1 aromatic carbocycles. The molecule has 1 atom stereocenters. The van der Waals surface area contributed by atoms with E-state index in [9.17, 15) is 9.18 Å². The molecule has 2 rings (SSSR count). The Hall–Kier alpha value is -1.46. The van der Waals surface area contributed by atoms with Gasteiger partial charge in [0.1, 0.15) is 5.82 Å². The van der Waals surface area contributed by atoms with Gasteiger partial charge in [0.2, 0.25) is 5.91 Å². The second-order valence-corrected chi connectivity index (χ2v) is 5.68. The van der Waals surface area contributed by atoms with E-state index in [4.69, 9.17) is 4.74 Å². The number of hydrogen-bond donors (Lipinski definition) is 2. The summed E-state index contributed by atoms with van der Waals surface area (Å²) in [5.74, 6) is -0.349. The van der Waals surface area contributed by atoms with Crippen LogP contribution in [0.1, 0.15) is 31.4 Å².